The molecule has 0 fully saturated rings. The van der Waals surface area contributed by atoms with E-state index in [9.17, 15) is 0 Å². The summed E-state index contributed by atoms with van der Waals surface area (Å²) in [6.45, 7) is 5.86. The fourth-order valence-corrected chi connectivity index (χ4v) is 1.73. The lowest BCUT2D eigenvalue weighted by Gasteiger charge is -2.24. The average Bonchev–Trinajstić information content (AvgIpc) is 2.27. The standard InChI is InChI=1S/C12H15ClN2/c1-3-15(4-2)12(9-14)10-5-7-11(13)8-6-10/h5-8,12H,3-4H2,1-2H3/t12-/m0/s1. The molecule has 0 aliphatic carbocycles. The van der Waals surface area contributed by atoms with Crippen molar-refractivity contribution < 1.29 is 0 Å². The maximum atomic E-state index is 9.16. The molecule has 0 aromatic heterocycles. The monoisotopic (exact) mass is 222 g/mol. The summed E-state index contributed by atoms with van der Waals surface area (Å²) in [5.41, 5.74) is 1.01. The van der Waals surface area contributed by atoms with Gasteiger partial charge >= 0.3 is 0 Å². The molecule has 3 heteroatoms. The van der Waals surface area contributed by atoms with Gasteiger partial charge in [0.15, 0.2) is 0 Å². The summed E-state index contributed by atoms with van der Waals surface area (Å²) in [6.07, 6.45) is 0. The van der Waals surface area contributed by atoms with Gasteiger partial charge < -0.3 is 0 Å². The molecule has 0 N–H and O–H groups in total. The highest BCUT2D eigenvalue weighted by atomic mass is 35.5. The molecule has 0 unspecified atom stereocenters. The summed E-state index contributed by atoms with van der Waals surface area (Å²) < 4.78 is 0. The van der Waals surface area contributed by atoms with E-state index in [4.69, 9.17) is 16.9 Å². The van der Waals surface area contributed by atoms with Crippen molar-refractivity contribution in [3.05, 3.63) is 34.9 Å². The van der Waals surface area contributed by atoms with Gasteiger partial charge in [-0.05, 0) is 30.8 Å². The molecule has 15 heavy (non-hydrogen) atoms. The van der Waals surface area contributed by atoms with E-state index in [1.165, 1.54) is 0 Å². The van der Waals surface area contributed by atoms with Crippen LogP contribution in [-0.4, -0.2) is 18.0 Å². The SMILES string of the molecule is CCN(CC)[C@@H](C#N)c1ccc(Cl)cc1. The van der Waals surface area contributed by atoms with Crippen LogP contribution in [0.5, 0.6) is 0 Å². The number of benzene rings is 1. The predicted octanol–water partition coefficient (Wildman–Crippen LogP) is 3.25. The van der Waals surface area contributed by atoms with E-state index < -0.39 is 0 Å². The van der Waals surface area contributed by atoms with Crippen molar-refractivity contribution in [1.29, 1.82) is 5.26 Å². The molecule has 0 aliphatic heterocycles. The predicted molar refractivity (Wildman–Crippen MR) is 62.7 cm³/mol. The van der Waals surface area contributed by atoms with E-state index in [-0.39, 0.29) is 6.04 Å². The van der Waals surface area contributed by atoms with Crippen molar-refractivity contribution in [3.63, 3.8) is 0 Å². The third kappa shape index (κ3) is 2.95. The summed E-state index contributed by atoms with van der Waals surface area (Å²) in [4.78, 5) is 2.11. The maximum absolute atomic E-state index is 9.16. The van der Waals surface area contributed by atoms with Gasteiger partial charge in [-0.15, -0.1) is 0 Å². The quantitative estimate of drug-likeness (QED) is 0.782. The second kappa shape index (κ2) is 5.75. The molecule has 1 aromatic rings. The molecule has 0 spiro atoms. The van der Waals surface area contributed by atoms with Gasteiger partial charge in [-0.3, -0.25) is 4.90 Å². The Labute approximate surface area is 96.1 Å². The Bertz CT molecular complexity index is 336. The largest absolute Gasteiger partial charge is 0.285 e. The molecule has 0 saturated carbocycles. The van der Waals surface area contributed by atoms with Gasteiger partial charge in [0, 0.05) is 5.02 Å². The normalized spacial score (nSPS) is 12.5. The van der Waals surface area contributed by atoms with E-state index in [1.807, 2.05) is 24.3 Å². The number of nitrogens with zero attached hydrogens (tertiary/aromatic N) is 2. The van der Waals surface area contributed by atoms with E-state index in [2.05, 4.69) is 24.8 Å². The first-order valence-electron chi connectivity index (χ1n) is 5.12. The van der Waals surface area contributed by atoms with Crippen molar-refractivity contribution in [2.24, 2.45) is 0 Å². The molecule has 0 radical (unpaired) electrons. The van der Waals surface area contributed by atoms with Gasteiger partial charge in [-0.25, -0.2) is 0 Å². The van der Waals surface area contributed by atoms with Crippen LogP contribution in [0.2, 0.25) is 5.02 Å². The van der Waals surface area contributed by atoms with Crippen LogP contribution in [0.3, 0.4) is 0 Å². The lowest BCUT2D eigenvalue weighted by Crippen LogP contribution is -2.27. The summed E-state index contributed by atoms with van der Waals surface area (Å²) in [5, 5.41) is 9.86. The first-order chi connectivity index (χ1) is 7.22. The lowest BCUT2D eigenvalue weighted by atomic mass is 10.1. The second-order valence-corrected chi connectivity index (χ2v) is 3.74. The minimum absolute atomic E-state index is 0.169. The number of halogens is 1. The van der Waals surface area contributed by atoms with Crippen molar-refractivity contribution in [2.45, 2.75) is 19.9 Å². The summed E-state index contributed by atoms with van der Waals surface area (Å²) >= 11 is 5.81. The maximum Gasteiger partial charge on any atom is 0.123 e. The fraction of sp³-hybridized carbons (Fsp3) is 0.417. The third-order valence-electron chi connectivity index (χ3n) is 2.49. The topological polar surface area (TPSA) is 27.0 Å². The number of nitriles is 1. The molecular weight excluding hydrogens is 208 g/mol. The zero-order valence-electron chi connectivity index (χ0n) is 9.07. The van der Waals surface area contributed by atoms with Gasteiger partial charge in [0.2, 0.25) is 0 Å². The van der Waals surface area contributed by atoms with Gasteiger partial charge in [-0.1, -0.05) is 37.6 Å². The molecule has 2 nitrogen and oxygen atoms in total. The van der Waals surface area contributed by atoms with Crippen molar-refractivity contribution in [3.8, 4) is 6.07 Å². The molecule has 0 heterocycles. The fourth-order valence-electron chi connectivity index (χ4n) is 1.60. The van der Waals surface area contributed by atoms with E-state index in [0.717, 1.165) is 18.7 Å². The highest BCUT2D eigenvalue weighted by molar-refractivity contribution is 6.30. The molecule has 1 atom stereocenters. The molecule has 0 aliphatic rings. The molecule has 80 valence electrons. The zero-order valence-corrected chi connectivity index (χ0v) is 9.83. The van der Waals surface area contributed by atoms with Crippen LogP contribution in [0, 0.1) is 11.3 Å². The molecule has 1 rings (SSSR count). The molecule has 0 amide bonds. The molecule has 1 aromatic carbocycles. The summed E-state index contributed by atoms with van der Waals surface area (Å²) in [7, 11) is 0. The van der Waals surface area contributed by atoms with Gasteiger partial charge in [0.05, 0.1) is 6.07 Å². The number of hydrogen-bond donors (Lipinski definition) is 0. The molecular formula is C12H15ClN2. The van der Waals surface area contributed by atoms with Crippen LogP contribution in [-0.2, 0) is 0 Å². The Hall–Kier alpha value is -1.04. The van der Waals surface area contributed by atoms with Crippen LogP contribution in [0.1, 0.15) is 25.5 Å². The van der Waals surface area contributed by atoms with Crippen LogP contribution < -0.4 is 0 Å². The average molecular weight is 223 g/mol. The highest BCUT2D eigenvalue weighted by Crippen LogP contribution is 2.21. The smallest absolute Gasteiger partial charge is 0.123 e. The second-order valence-electron chi connectivity index (χ2n) is 3.30. The van der Waals surface area contributed by atoms with E-state index in [0.29, 0.717) is 5.02 Å². The van der Waals surface area contributed by atoms with Gasteiger partial charge in [0.25, 0.3) is 0 Å². The van der Waals surface area contributed by atoms with Crippen LogP contribution in [0.4, 0.5) is 0 Å². The summed E-state index contributed by atoms with van der Waals surface area (Å²) in [6, 6.07) is 9.62. The third-order valence-corrected chi connectivity index (χ3v) is 2.74. The summed E-state index contributed by atoms with van der Waals surface area (Å²) in [5.74, 6) is 0. The van der Waals surface area contributed by atoms with E-state index in [1.54, 1.807) is 0 Å². The highest BCUT2D eigenvalue weighted by Gasteiger charge is 2.16. The minimum atomic E-state index is -0.169. The zero-order chi connectivity index (χ0) is 11.3. The van der Waals surface area contributed by atoms with Crippen molar-refractivity contribution in [1.82, 2.24) is 4.90 Å². The first-order valence-corrected chi connectivity index (χ1v) is 5.49. The van der Waals surface area contributed by atoms with E-state index >= 15 is 0 Å². The Morgan fingerprint density at radius 1 is 1.27 bits per heavy atom. The lowest BCUT2D eigenvalue weighted by molar-refractivity contribution is 0.262. The molecule has 0 bridgehead atoms. The van der Waals surface area contributed by atoms with Crippen molar-refractivity contribution >= 4 is 11.6 Å². The van der Waals surface area contributed by atoms with Crippen molar-refractivity contribution in [2.75, 3.05) is 13.1 Å². The Kier molecular flexibility index (Phi) is 4.61. The molecule has 0 saturated heterocycles. The first kappa shape index (κ1) is 12.0. The van der Waals surface area contributed by atoms with Crippen LogP contribution in [0.15, 0.2) is 24.3 Å². The number of rotatable bonds is 4. The number of hydrogen-bond acceptors (Lipinski definition) is 2. The van der Waals surface area contributed by atoms with Gasteiger partial charge in [0.1, 0.15) is 6.04 Å². The van der Waals surface area contributed by atoms with Crippen LogP contribution in [0.25, 0.3) is 0 Å². The Morgan fingerprint density at radius 2 is 1.80 bits per heavy atom. The minimum Gasteiger partial charge on any atom is -0.285 e. The van der Waals surface area contributed by atoms with Crippen LogP contribution >= 0.6 is 11.6 Å². The Balaban J connectivity index is 2.92. The Morgan fingerprint density at radius 3 is 2.20 bits per heavy atom. The van der Waals surface area contributed by atoms with Gasteiger partial charge in [-0.2, -0.15) is 5.26 Å².